The first-order valence-corrected chi connectivity index (χ1v) is 6.37. The van der Waals surface area contributed by atoms with E-state index in [9.17, 15) is 9.59 Å². The summed E-state index contributed by atoms with van der Waals surface area (Å²) in [6.45, 7) is 1.81. The van der Waals surface area contributed by atoms with Crippen LogP contribution in [-0.4, -0.2) is 10.5 Å². The van der Waals surface area contributed by atoms with Crippen LogP contribution in [0.15, 0.2) is 51.7 Å². The highest BCUT2D eigenvalue weighted by Gasteiger charge is 2.19. The second-order valence-corrected chi connectivity index (χ2v) is 4.87. The van der Waals surface area contributed by atoms with E-state index in [4.69, 9.17) is 16.0 Å². The molecule has 100 valence electrons. The van der Waals surface area contributed by atoms with Crippen LogP contribution in [0.4, 0.5) is 0 Å². The van der Waals surface area contributed by atoms with Crippen molar-refractivity contribution in [2.24, 2.45) is 0 Å². The molecule has 3 rings (SSSR count). The van der Waals surface area contributed by atoms with Gasteiger partial charge in [-0.1, -0.05) is 29.8 Å². The van der Waals surface area contributed by atoms with E-state index in [1.165, 1.54) is 6.07 Å². The zero-order valence-corrected chi connectivity index (χ0v) is 11.3. The summed E-state index contributed by atoms with van der Waals surface area (Å²) in [5, 5.41) is 0.435. The highest BCUT2D eigenvalue weighted by molar-refractivity contribution is 6.31. The van der Waals surface area contributed by atoms with E-state index in [-0.39, 0.29) is 0 Å². The first-order chi connectivity index (χ1) is 9.58. The number of aromatic nitrogens is 1. The Bertz CT molecular complexity index is 876. The van der Waals surface area contributed by atoms with E-state index in [0.29, 0.717) is 21.7 Å². The van der Waals surface area contributed by atoms with Gasteiger partial charge in [-0.15, -0.1) is 0 Å². The molecule has 20 heavy (non-hydrogen) atoms. The molecule has 0 saturated heterocycles. The molecule has 0 unspecified atom stereocenters. The fraction of sp³-hybridized carbons (Fsp3) is 0.0667. The Hall–Kier alpha value is -2.33. The normalized spacial score (nSPS) is 10.9. The molecular weight excluding hydrogens is 278 g/mol. The van der Waals surface area contributed by atoms with Crippen molar-refractivity contribution in [3.05, 3.63) is 69.2 Å². The van der Waals surface area contributed by atoms with Gasteiger partial charge in [0.2, 0.25) is 0 Å². The number of aryl methyl sites for hydroxylation is 1. The number of nitrogens with zero attached hydrogens (tertiary/aromatic N) is 1. The number of carbonyl (C=O) groups is 1. The van der Waals surface area contributed by atoms with Crippen LogP contribution >= 0.6 is 11.6 Å². The summed E-state index contributed by atoms with van der Waals surface area (Å²) in [5.41, 5.74) is 1.95. The molecule has 0 bridgehead atoms. The Morgan fingerprint density at radius 2 is 1.95 bits per heavy atom. The van der Waals surface area contributed by atoms with Gasteiger partial charge in [0, 0.05) is 10.6 Å². The fourth-order valence-corrected chi connectivity index (χ4v) is 2.28. The van der Waals surface area contributed by atoms with E-state index in [1.807, 2.05) is 19.1 Å². The zero-order chi connectivity index (χ0) is 14.3. The second kappa shape index (κ2) is 4.65. The molecule has 0 saturated carbocycles. The van der Waals surface area contributed by atoms with E-state index < -0.39 is 11.7 Å². The summed E-state index contributed by atoms with van der Waals surface area (Å²) < 4.78 is 6.07. The van der Waals surface area contributed by atoms with Crippen molar-refractivity contribution >= 4 is 28.6 Å². The van der Waals surface area contributed by atoms with Gasteiger partial charge in [-0.25, -0.2) is 9.36 Å². The summed E-state index contributed by atoms with van der Waals surface area (Å²) in [5.74, 6) is -1.13. The van der Waals surface area contributed by atoms with Crippen LogP contribution < -0.4 is 5.76 Å². The zero-order valence-electron chi connectivity index (χ0n) is 10.6. The van der Waals surface area contributed by atoms with E-state index in [0.717, 1.165) is 10.1 Å². The van der Waals surface area contributed by atoms with Crippen LogP contribution in [-0.2, 0) is 0 Å². The van der Waals surface area contributed by atoms with Gasteiger partial charge in [0.25, 0.3) is 5.91 Å². The number of halogens is 1. The summed E-state index contributed by atoms with van der Waals surface area (Å²) >= 11 is 5.91. The number of hydrogen-bond acceptors (Lipinski definition) is 3. The number of fused-ring (bicyclic) bond motifs is 1. The Morgan fingerprint density at radius 1 is 1.20 bits per heavy atom. The maximum atomic E-state index is 12.5. The minimum atomic E-state index is -0.712. The highest BCUT2D eigenvalue weighted by atomic mass is 35.5. The Labute approximate surface area is 119 Å². The van der Waals surface area contributed by atoms with Gasteiger partial charge in [-0.2, -0.15) is 0 Å². The molecule has 0 atom stereocenters. The molecule has 2 aromatic carbocycles. The highest BCUT2D eigenvalue weighted by Crippen LogP contribution is 2.20. The van der Waals surface area contributed by atoms with Gasteiger partial charge in [-0.3, -0.25) is 4.79 Å². The number of hydrogen-bond donors (Lipinski definition) is 0. The molecule has 1 heterocycles. The fourth-order valence-electron chi connectivity index (χ4n) is 2.12. The lowest BCUT2D eigenvalue weighted by molar-refractivity contribution is 0.0956. The van der Waals surface area contributed by atoms with E-state index in [1.54, 1.807) is 24.3 Å². The third-order valence-corrected chi connectivity index (χ3v) is 3.36. The molecule has 0 N–H and O–H groups in total. The van der Waals surface area contributed by atoms with Crippen molar-refractivity contribution < 1.29 is 9.21 Å². The molecule has 0 aliphatic heterocycles. The van der Waals surface area contributed by atoms with E-state index >= 15 is 0 Å². The summed E-state index contributed by atoms with van der Waals surface area (Å²) in [4.78, 5) is 24.4. The standard InChI is InChI=1S/C15H10ClNO3/c1-9-4-2-3-5-11(9)14(18)17-12-8-10(16)6-7-13(12)20-15(17)19/h2-8H,1H3. The van der Waals surface area contributed by atoms with Gasteiger partial charge < -0.3 is 4.42 Å². The van der Waals surface area contributed by atoms with Crippen LogP contribution in [0.5, 0.6) is 0 Å². The topological polar surface area (TPSA) is 52.2 Å². The predicted octanol–water partition coefficient (Wildman–Crippen LogP) is 3.24. The molecule has 0 amide bonds. The molecular formula is C15H10ClNO3. The first kappa shape index (κ1) is 12.7. The smallest absolute Gasteiger partial charge is 0.407 e. The average Bonchev–Trinajstić information content (AvgIpc) is 2.74. The quantitative estimate of drug-likeness (QED) is 0.690. The molecule has 0 radical (unpaired) electrons. The van der Waals surface area contributed by atoms with Crippen LogP contribution in [0, 0.1) is 6.92 Å². The Kier molecular flexibility index (Phi) is 2.95. The lowest BCUT2D eigenvalue weighted by atomic mass is 10.1. The molecule has 5 heteroatoms. The van der Waals surface area contributed by atoms with Crippen molar-refractivity contribution in [1.82, 2.24) is 4.57 Å². The van der Waals surface area contributed by atoms with E-state index in [2.05, 4.69) is 0 Å². The van der Waals surface area contributed by atoms with Gasteiger partial charge in [-0.05, 0) is 36.8 Å². The third-order valence-electron chi connectivity index (χ3n) is 3.12. The maximum Gasteiger partial charge on any atom is 0.427 e. The third kappa shape index (κ3) is 1.94. The molecule has 4 nitrogen and oxygen atoms in total. The average molecular weight is 288 g/mol. The first-order valence-electron chi connectivity index (χ1n) is 5.99. The molecule has 1 aromatic heterocycles. The Balaban J connectivity index is 2.27. The molecule has 0 aliphatic carbocycles. The SMILES string of the molecule is Cc1ccccc1C(=O)n1c(=O)oc2ccc(Cl)cc21. The maximum absolute atomic E-state index is 12.5. The molecule has 0 aliphatic rings. The van der Waals surface area contributed by atoms with Crippen molar-refractivity contribution in [1.29, 1.82) is 0 Å². The lowest BCUT2D eigenvalue weighted by Gasteiger charge is -2.04. The van der Waals surface area contributed by atoms with Gasteiger partial charge in [0.15, 0.2) is 5.58 Å². The number of benzene rings is 2. The molecule has 0 fully saturated rings. The second-order valence-electron chi connectivity index (χ2n) is 4.44. The number of oxazole rings is 1. The minimum Gasteiger partial charge on any atom is -0.407 e. The summed E-state index contributed by atoms with van der Waals surface area (Å²) in [6.07, 6.45) is 0. The van der Waals surface area contributed by atoms with Crippen molar-refractivity contribution in [3.8, 4) is 0 Å². The largest absolute Gasteiger partial charge is 0.427 e. The van der Waals surface area contributed by atoms with Crippen molar-refractivity contribution in [2.75, 3.05) is 0 Å². The van der Waals surface area contributed by atoms with Crippen LogP contribution in [0.25, 0.3) is 11.1 Å². The monoisotopic (exact) mass is 287 g/mol. The van der Waals surface area contributed by atoms with Gasteiger partial charge in [0.1, 0.15) is 0 Å². The molecule has 3 aromatic rings. The number of carbonyl (C=O) groups excluding carboxylic acids is 1. The van der Waals surface area contributed by atoms with Crippen LogP contribution in [0.3, 0.4) is 0 Å². The van der Waals surface area contributed by atoms with Crippen LogP contribution in [0.1, 0.15) is 15.9 Å². The molecule has 0 spiro atoms. The predicted molar refractivity (Wildman–Crippen MR) is 76.4 cm³/mol. The Morgan fingerprint density at radius 3 is 2.70 bits per heavy atom. The minimum absolute atomic E-state index is 0.335. The summed E-state index contributed by atoms with van der Waals surface area (Å²) in [6, 6.07) is 11.8. The van der Waals surface area contributed by atoms with Crippen LogP contribution in [0.2, 0.25) is 5.02 Å². The summed E-state index contributed by atoms with van der Waals surface area (Å²) in [7, 11) is 0. The number of rotatable bonds is 1. The van der Waals surface area contributed by atoms with Crippen molar-refractivity contribution in [2.45, 2.75) is 6.92 Å². The van der Waals surface area contributed by atoms with Gasteiger partial charge in [0.05, 0.1) is 5.52 Å². The van der Waals surface area contributed by atoms with Crippen molar-refractivity contribution in [3.63, 3.8) is 0 Å². The van der Waals surface area contributed by atoms with Gasteiger partial charge >= 0.3 is 5.76 Å². The lowest BCUT2D eigenvalue weighted by Crippen LogP contribution is -2.23.